The molecule has 3 aromatic carbocycles. The number of benzene rings is 3. The lowest BCUT2D eigenvalue weighted by Crippen LogP contribution is -2.23. The van der Waals surface area contributed by atoms with Crippen molar-refractivity contribution in [2.75, 3.05) is 0 Å². The van der Waals surface area contributed by atoms with E-state index in [2.05, 4.69) is 10.1 Å². The molecule has 0 amide bonds. The molecular formula is C23H19N3O3. The van der Waals surface area contributed by atoms with Crippen molar-refractivity contribution < 1.29 is 9.84 Å². The molecule has 0 bridgehead atoms. The zero-order chi connectivity index (χ0) is 20.2. The SMILES string of the molecule is Cc1ccccc1OCc1nc2ccccc2c(=O)n1/N=C/c1ccccc1O. The van der Waals surface area contributed by atoms with Gasteiger partial charge in [-0.3, -0.25) is 4.79 Å². The number of phenolic OH excluding ortho intramolecular Hbond substituents is 1. The average Bonchev–Trinajstić information content (AvgIpc) is 2.74. The van der Waals surface area contributed by atoms with Crippen molar-refractivity contribution in [2.45, 2.75) is 13.5 Å². The Kier molecular flexibility index (Phi) is 5.07. The van der Waals surface area contributed by atoms with Gasteiger partial charge in [0.15, 0.2) is 5.82 Å². The summed E-state index contributed by atoms with van der Waals surface area (Å²) < 4.78 is 7.11. The van der Waals surface area contributed by atoms with Gasteiger partial charge in [0.05, 0.1) is 17.1 Å². The number of nitrogens with zero attached hydrogens (tertiary/aromatic N) is 3. The van der Waals surface area contributed by atoms with Crippen LogP contribution in [0.15, 0.2) is 82.7 Å². The molecule has 0 aliphatic heterocycles. The highest BCUT2D eigenvalue weighted by molar-refractivity contribution is 5.83. The van der Waals surface area contributed by atoms with Crippen molar-refractivity contribution in [1.29, 1.82) is 0 Å². The summed E-state index contributed by atoms with van der Waals surface area (Å²) in [6, 6.07) is 21.5. The number of rotatable bonds is 5. The Hall–Kier alpha value is -3.93. The number of aromatic nitrogens is 2. The summed E-state index contributed by atoms with van der Waals surface area (Å²) in [7, 11) is 0. The van der Waals surface area contributed by atoms with Crippen LogP contribution in [-0.4, -0.2) is 21.0 Å². The van der Waals surface area contributed by atoms with Gasteiger partial charge in [-0.05, 0) is 42.8 Å². The quantitative estimate of drug-likeness (QED) is 0.529. The maximum Gasteiger partial charge on any atom is 0.282 e. The first-order valence-corrected chi connectivity index (χ1v) is 9.15. The van der Waals surface area contributed by atoms with E-state index in [0.29, 0.717) is 28.0 Å². The molecule has 6 nitrogen and oxygen atoms in total. The van der Waals surface area contributed by atoms with Crippen LogP contribution >= 0.6 is 0 Å². The Bertz CT molecular complexity index is 1260. The zero-order valence-electron chi connectivity index (χ0n) is 15.8. The van der Waals surface area contributed by atoms with E-state index < -0.39 is 0 Å². The van der Waals surface area contributed by atoms with Gasteiger partial charge < -0.3 is 9.84 Å². The minimum atomic E-state index is -0.300. The van der Waals surface area contributed by atoms with Crippen molar-refractivity contribution in [3.8, 4) is 11.5 Å². The van der Waals surface area contributed by atoms with Crippen LogP contribution in [0.25, 0.3) is 10.9 Å². The van der Waals surface area contributed by atoms with Crippen molar-refractivity contribution in [3.05, 3.63) is 100 Å². The van der Waals surface area contributed by atoms with Crippen molar-refractivity contribution in [1.82, 2.24) is 9.66 Å². The molecular weight excluding hydrogens is 366 g/mol. The Balaban J connectivity index is 1.77. The lowest BCUT2D eigenvalue weighted by Gasteiger charge is -2.12. The summed E-state index contributed by atoms with van der Waals surface area (Å²) in [6.45, 7) is 2.02. The second-order valence-electron chi connectivity index (χ2n) is 6.52. The largest absolute Gasteiger partial charge is 0.507 e. The predicted molar refractivity (Wildman–Crippen MR) is 113 cm³/mol. The molecule has 29 heavy (non-hydrogen) atoms. The summed E-state index contributed by atoms with van der Waals surface area (Å²) in [5.41, 5.74) is 1.76. The summed E-state index contributed by atoms with van der Waals surface area (Å²) in [5.74, 6) is 1.16. The van der Waals surface area contributed by atoms with Crippen LogP contribution in [0.5, 0.6) is 11.5 Å². The normalized spacial score (nSPS) is 11.2. The average molecular weight is 385 g/mol. The molecule has 0 radical (unpaired) electrons. The molecule has 1 N–H and O–H groups in total. The van der Waals surface area contributed by atoms with Crippen molar-refractivity contribution in [2.24, 2.45) is 5.10 Å². The molecule has 6 heteroatoms. The van der Waals surface area contributed by atoms with Crippen molar-refractivity contribution >= 4 is 17.1 Å². The van der Waals surface area contributed by atoms with Crippen molar-refractivity contribution in [3.63, 3.8) is 0 Å². The van der Waals surface area contributed by atoms with Crippen LogP contribution in [0.1, 0.15) is 17.0 Å². The summed E-state index contributed by atoms with van der Waals surface area (Å²) in [5, 5.41) is 14.7. The smallest absolute Gasteiger partial charge is 0.282 e. The first kappa shape index (κ1) is 18.4. The first-order chi connectivity index (χ1) is 14.1. The number of fused-ring (bicyclic) bond motifs is 1. The number of hydrogen-bond donors (Lipinski definition) is 1. The molecule has 144 valence electrons. The van der Waals surface area contributed by atoms with E-state index in [1.165, 1.54) is 10.9 Å². The van der Waals surface area contributed by atoms with Crippen LogP contribution in [0.3, 0.4) is 0 Å². The summed E-state index contributed by atoms with van der Waals surface area (Å²) in [4.78, 5) is 17.6. The number of ether oxygens (including phenoxy) is 1. The summed E-state index contributed by atoms with van der Waals surface area (Å²) >= 11 is 0. The molecule has 1 heterocycles. The lowest BCUT2D eigenvalue weighted by molar-refractivity contribution is 0.287. The minimum Gasteiger partial charge on any atom is -0.507 e. The van der Waals surface area contributed by atoms with Gasteiger partial charge in [0, 0.05) is 5.56 Å². The van der Waals surface area contributed by atoms with E-state index in [1.54, 1.807) is 42.5 Å². The van der Waals surface area contributed by atoms with Gasteiger partial charge in [0.1, 0.15) is 18.1 Å². The van der Waals surface area contributed by atoms with E-state index in [1.807, 2.05) is 37.3 Å². The Morgan fingerprint density at radius 1 is 1.03 bits per heavy atom. The van der Waals surface area contributed by atoms with Crippen LogP contribution in [-0.2, 0) is 6.61 Å². The van der Waals surface area contributed by atoms with E-state index in [0.717, 1.165) is 5.56 Å². The van der Waals surface area contributed by atoms with E-state index in [-0.39, 0.29) is 17.9 Å². The van der Waals surface area contributed by atoms with Crippen LogP contribution in [0, 0.1) is 6.92 Å². The maximum atomic E-state index is 13.0. The standard InChI is InChI=1S/C23H19N3O3/c1-16-8-2-7-13-21(16)29-15-22-25-19-11-5-4-10-18(19)23(28)26(22)24-14-17-9-3-6-12-20(17)27/h2-14,27H,15H2,1H3/b24-14+. The molecule has 0 aliphatic rings. The third-order valence-electron chi connectivity index (χ3n) is 4.52. The summed E-state index contributed by atoms with van der Waals surface area (Å²) in [6.07, 6.45) is 1.43. The number of aryl methyl sites for hydroxylation is 1. The molecule has 0 saturated carbocycles. The van der Waals surface area contributed by atoms with E-state index in [9.17, 15) is 9.90 Å². The Labute approximate surface area is 167 Å². The number of para-hydroxylation sites is 3. The Morgan fingerprint density at radius 3 is 2.59 bits per heavy atom. The fraction of sp³-hybridized carbons (Fsp3) is 0.0870. The highest BCUT2D eigenvalue weighted by Crippen LogP contribution is 2.18. The lowest BCUT2D eigenvalue weighted by atomic mass is 10.2. The second kappa shape index (κ2) is 7.98. The Morgan fingerprint density at radius 2 is 1.76 bits per heavy atom. The number of phenols is 1. The van der Waals surface area contributed by atoms with Gasteiger partial charge >= 0.3 is 0 Å². The fourth-order valence-corrected chi connectivity index (χ4v) is 2.96. The van der Waals surface area contributed by atoms with Gasteiger partial charge in [0.2, 0.25) is 0 Å². The third-order valence-corrected chi connectivity index (χ3v) is 4.52. The molecule has 0 aliphatic carbocycles. The topological polar surface area (TPSA) is 76.7 Å². The van der Waals surface area contributed by atoms with Crippen LogP contribution in [0.2, 0.25) is 0 Å². The van der Waals surface area contributed by atoms with Gasteiger partial charge in [-0.25, -0.2) is 4.98 Å². The van der Waals surface area contributed by atoms with E-state index in [4.69, 9.17) is 4.74 Å². The maximum absolute atomic E-state index is 13.0. The molecule has 4 rings (SSSR count). The predicted octanol–water partition coefficient (Wildman–Crippen LogP) is 3.87. The van der Waals surface area contributed by atoms with Gasteiger partial charge in [-0.1, -0.05) is 42.5 Å². The highest BCUT2D eigenvalue weighted by atomic mass is 16.5. The zero-order valence-corrected chi connectivity index (χ0v) is 15.8. The number of hydrogen-bond acceptors (Lipinski definition) is 5. The van der Waals surface area contributed by atoms with Crippen LogP contribution in [0.4, 0.5) is 0 Å². The van der Waals surface area contributed by atoms with Gasteiger partial charge in [-0.2, -0.15) is 9.78 Å². The molecule has 0 atom stereocenters. The fourth-order valence-electron chi connectivity index (χ4n) is 2.96. The molecule has 0 fully saturated rings. The second-order valence-corrected chi connectivity index (χ2v) is 6.52. The van der Waals surface area contributed by atoms with Crippen LogP contribution < -0.4 is 10.3 Å². The molecule has 0 spiro atoms. The third kappa shape index (κ3) is 3.87. The number of aromatic hydroxyl groups is 1. The molecule has 0 saturated heterocycles. The van der Waals surface area contributed by atoms with Gasteiger partial charge in [0.25, 0.3) is 5.56 Å². The first-order valence-electron chi connectivity index (χ1n) is 9.15. The molecule has 4 aromatic rings. The van der Waals surface area contributed by atoms with E-state index >= 15 is 0 Å². The van der Waals surface area contributed by atoms with Gasteiger partial charge in [-0.15, -0.1) is 0 Å². The molecule has 1 aromatic heterocycles. The minimum absolute atomic E-state index is 0.0725. The highest BCUT2D eigenvalue weighted by Gasteiger charge is 2.12. The monoisotopic (exact) mass is 385 g/mol. The molecule has 0 unspecified atom stereocenters.